The number of aromatic amines is 1. The number of rotatable bonds is 6. The molecule has 3 N–H and O–H groups in total. The van der Waals surface area contributed by atoms with Crippen LogP contribution in [-0.2, 0) is 6.18 Å². The molecule has 0 unspecified atom stereocenters. The minimum absolute atomic E-state index is 0.114. The predicted molar refractivity (Wildman–Crippen MR) is 129 cm³/mol. The van der Waals surface area contributed by atoms with Crippen LogP contribution in [0, 0.1) is 5.82 Å². The molecule has 0 fully saturated rings. The summed E-state index contributed by atoms with van der Waals surface area (Å²) in [4.78, 5) is 31.2. The smallest absolute Gasteiger partial charge is 0.434 e. The normalized spacial score (nSPS) is 11.9. The number of alkyl halides is 3. The Morgan fingerprint density at radius 3 is 2.51 bits per heavy atom. The maximum atomic E-state index is 15.3. The Bertz CT molecular complexity index is 1770. The van der Waals surface area contributed by atoms with E-state index in [1.807, 2.05) is 0 Å². The lowest BCUT2D eigenvalue weighted by atomic mass is 10.0. The van der Waals surface area contributed by atoms with Gasteiger partial charge < -0.3 is 10.5 Å². The first-order valence-electron chi connectivity index (χ1n) is 11.3. The number of aromatic nitrogens is 7. The number of H-pyrrole nitrogens is 1. The van der Waals surface area contributed by atoms with Crippen LogP contribution in [-0.4, -0.2) is 40.4 Å². The highest BCUT2D eigenvalue weighted by molar-refractivity contribution is 6.00. The number of carbonyl (C=O) groups excluding carboxylic acids is 1. The molecule has 0 atom stereocenters. The summed E-state index contributed by atoms with van der Waals surface area (Å²) >= 11 is 0. The highest BCUT2D eigenvalue weighted by atomic mass is 19.4. The van der Waals surface area contributed by atoms with E-state index in [9.17, 15) is 22.8 Å². The van der Waals surface area contributed by atoms with Crippen LogP contribution in [0.25, 0.3) is 28.2 Å². The van der Waals surface area contributed by atoms with Crippen LogP contribution in [0.3, 0.4) is 0 Å². The van der Waals surface area contributed by atoms with Gasteiger partial charge in [0, 0.05) is 30.1 Å². The van der Waals surface area contributed by atoms with Gasteiger partial charge in [0.1, 0.15) is 11.2 Å². The Morgan fingerprint density at radius 2 is 1.90 bits per heavy atom. The molecule has 0 saturated carbocycles. The summed E-state index contributed by atoms with van der Waals surface area (Å²) in [6.45, 7) is 3.54. The molecule has 15 heteroatoms. The van der Waals surface area contributed by atoms with Crippen LogP contribution in [0.4, 0.5) is 17.6 Å². The van der Waals surface area contributed by atoms with Crippen LogP contribution in [0.2, 0.25) is 0 Å². The van der Waals surface area contributed by atoms with Gasteiger partial charge in [-0.1, -0.05) is 0 Å². The topological polar surface area (TPSA) is 147 Å². The van der Waals surface area contributed by atoms with E-state index >= 15 is 4.39 Å². The van der Waals surface area contributed by atoms with Gasteiger partial charge in [-0.25, -0.2) is 18.9 Å². The summed E-state index contributed by atoms with van der Waals surface area (Å²) in [6, 6.07) is 6.93. The Balaban J connectivity index is 1.62. The molecule has 0 aliphatic rings. The van der Waals surface area contributed by atoms with Crippen molar-refractivity contribution in [1.82, 2.24) is 34.5 Å². The third kappa shape index (κ3) is 4.47. The van der Waals surface area contributed by atoms with Crippen molar-refractivity contribution >= 4 is 17.1 Å². The summed E-state index contributed by atoms with van der Waals surface area (Å²) in [5.74, 6) is -2.93. The number of ether oxygens (including phenoxy) is 1. The monoisotopic (exact) mass is 542 g/mol. The van der Waals surface area contributed by atoms with Gasteiger partial charge in [-0.2, -0.15) is 23.4 Å². The largest absolute Gasteiger partial charge is 0.452 e. The molecular formula is C24H18F4N8O3. The average Bonchev–Trinajstić information content (AvgIpc) is 3.45. The highest BCUT2D eigenvalue weighted by Gasteiger charge is 2.43. The molecule has 39 heavy (non-hydrogen) atoms. The van der Waals surface area contributed by atoms with Crippen molar-refractivity contribution in [2.45, 2.75) is 26.1 Å². The molecule has 1 amide bonds. The molecule has 5 rings (SSSR count). The Kier molecular flexibility index (Phi) is 6.12. The third-order valence-corrected chi connectivity index (χ3v) is 5.69. The number of hydrogen-bond donors (Lipinski definition) is 2. The lowest BCUT2D eigenvalue weighted by molar-refractivity contribution is -0.143. The lowest BCUT2D eigenvalue weighted by Gasteiger charge is -2.12. The third-order valence-electron chi connectivity index (χ3n) is 5.69. The molecule has 4 heterocycles. The molecule has 0 aliphatic heterocycles. The van der Waals surface area contributed by atoms with Gasteiger partial charge in [-0.05, 0) is 44.2 Å². The molecule has 0 spiro atoms. The van der Waals surface area contributed by atoms with Gasteiger partial charge in [0.25, 0.3) is 5.91 Å². The fourth-order valence-corrected chi connectivity index (χ4v) is 4.14. The van der Waals surface area contributed by atoms with E-state index in [-0.39, 0.29) is 34.6 Å². The quantitative estimate of drug-likeness (QED) is 0.308. The number of nitrogens with zero attached hydrogens (tertiary/aromatic N) is 6. The Hall–Kier alpha value is -5.08. The van der Waals surface area contributed by atoms with Crippen LogP contribution >= 0.6 is 0 Å². The van der Waals surface area contributed by atoms with Crippen LogP contribution in [0.15, 0.2) is 53.6 Å². The molecule has 200 valence electrons. The maximum Gasteiger partial charge on any atom is 0.434 e. The summed E-state index contributed by atoms with van der Waals surface area (Å²) in [6.07, 6.45) is -2.46. The maximum absolute atomic E-state index is 15.3. The van der Waals surface area contributed by atoms with Crippen molar-refractivity contribution in [1.29, 1.82) is 0 Å². The number of amides is 1. The average molecular weight is 542 g/mol. The fourth-order valence-electron chi connectivity index (χ4n) is 4.14. The van der Waals surface area contributed by atoms with Gasteiger partial charge in [0.15, 0.2) is 34.5 Å². The van der Waals surface area contributed by atoms with E-state index in [1.54, 1.807) is 13.8 Å². The van der Waals surface area contributed by atoms with Crippen LogP contribution in [0.1, 0.15) is 35.9 Å². The van der Waals surface area contributed by atoms with Crippen LogP contribution in [0.5, 0.6) is 11.5 Å². The number of nitrogens with one attached hydrogen (secondary N) is 1. The van der Waals surface area contributed by atoms with Crippen molar-refractivity contribution in [2.24, 2.45) is 5.73 Å². The van der Waals surface area contributed by atoms with E-state index in [0.29, 0.717) is 10.2 Å². The van der Waals surface area contributed by atoms with E-state index < -0.39 is 40.5 Å². The van der Waals surface area contributed by atoms with Crippen molar-refractivity contribution in [3.63, 3.8) is 0 Å². The number of imidazole rings is 1. The number of carbonyl (C=O) groups is 1. The highest BCUT2D eigenvalue weighted by Crippen LogP contribution is 2.39. The number of nitrogens with two attached hydrogens (primary N) is 1. The first kappa shape index (κ1) is 25.6. The lowest BCUT2D eigenvalue weighted by Crippen LogP contribution is -2.21. The number of pyridine rings is 1. The zero-order valence-electron chi connectivity index (χ0n) is 20.2. The van der Waals surface area contributed by atoms with Gasteiger partial charge in [0.05, 0.1) is 5.56 Å². The molecule has 0 saturated heterocycles. The molecule has 11 nitrogen and oxygen atoms in total. The van der Waals surface area contributed by atoms with Crippen molar-refractivity contribution in [2.75, 3.05) is 0 Å². The number of hydrogen-bond acceptors (Lipinski definition) is 7. The summed E-state index contributed by atoms with van der Waals surface area (Å²) in [5, 5.41) is 11.1. The van der Waals surface area contributed by atoms with Gasteiger partial charge in [0.2, 0.25) is 0 Å². The first-order chi connectivity index (χ1) is 18.5. The van der Waals surface area contributed by atoms with E-state index in [1.165, 1.54) is 41.2 Å². The second-order valence-electron chi connectivity index (χ2n) is 8.58. The molecule has 0 radical (unpaired) electrons. The van der Waals surface area contributed by atoms with E-state index in [2.05, 4.69) is 25.3 Å². The number of halogens is 4. The van der Waals surface area contributed by atoms with Crippen molar-refractivity contribution < 1.29 is 27.1 Å². The molecule has 5 aromatic rings. The zero-order chi connectivity index (χ0) is 28.1. The molecular weight excluding hydrogens is 524 g/mol. The minimum Gasteiger partial charge on any atom is -0.452 e. The minimum atomic E-state index is -5.07. The Morgan fingerprint density at radius 1 is 1.13 bits per heavy atom. The predicted octanol–water partition coefficient (Wildman–Crippen LogP) is 4.00. The Labute approximate surface area is 215 Å². The van der Waals surface area contributed by atoms with E-state index in [0.717, 1.165) is 12.1 Å². The van der Waals surface area contributed by atoms with Gasteiger partial charge in [-0.15, -0.1) is 5.10 Å². The summed E-state index contributed by atoms with van der Waals surface area (Å²) in [7, 11) is 0. The number of fused-ring (bicyclic) bond motifs is 1. The molecule has 4 aromatic heterocycles. The van der Waals surface area contributed by atoms with Gasteiger partial charge in [-0.3, -0.25) is 14.3 Å². The SMILES string of the molecule is CC(C)n1c(=O)[nH]c2nccc(Oc3ccc(-c4nn(-c5cccnn5)c(C(F)(F)F)c4C(N)=O)cc3F)c21. The number of primary amides is 1. The van der Waals surface area contributed by atoms with Crippen LogP contribution < -0.4 is 16.2 Å². The standard InChI is InChI=1S/C24H18F4N8O3/c1-11(2)35-19-15(7-9-30-22(19)32-23(35)38)39-14-6-5-12(10-13(14)25)18-17(21(29)37)20(24(26,27)28)36(34-18)16-4-3-8-31-33-16/h3-11H,1-2H3,(H2,29,37)(H,30,32,38). The fraction of sp³-hybridized carbons (Fsp3) is 0.167. The van der Waals surface area contributed by atoms with Crippen molar-refractivity contribution in [3.8, 4) is 28.6 Å². The second kappa shape index (κ2) is 9.34. The van der Waals surface area contributed by atoms with Gasteiger partial charge >= 0.3 is 11.9 Å². The summed E-state index contributed by atoms with van der Waals surface area (Å²) in [5.41, 5.74) is 2.27. The second-order valence-corrected chi connectivity index (χ2v) is 8.58. The first-order valence-corrected chi connectivity index (χ1v) is 11.3. The zero-order valence-corrected chi connectivity index (χ0v) is 20.2. The summed E-state index contributed by atoms with van der Waals surface area (Å²) < 4.78 is 64.9. The molecule has 0 aliphatic carbocycles. The number of benzene rings is 1. The van der Waals surface area contributed by atoms with E-state index in [4.69, 9.17) is 10.5 Å². The van der Waals surface area contributed by atoms with Crippen molar-refractivity contribution in [3.05, 3.63) is 76.4 Å². The molecule has 0 bridgehead atoms. The molecule has 1 aromatic carbocycles.